The maximum atomic E-state index is 13.1. The van der Waals surface area contributed by atoms with Gasteiger partial charge in [-0.2, -0.15) is 5.10 Å². The number of rotatable bonds is 6. The van der Waals surface area contributed by atoms with Crippen molar-refractivity contribution in [1.82, 2.24) is 14.8 Å². The first-order valence-electron chi connectivity index (χ1n) is 11.0. The number of benzene rings is 1. The molecule has 32 heavy (non-hydrogen) atoms. The molecule has 0 spiro atoms. The number of piperidine rings is 1. The lowest BCUT2D eigenvalue weighted by Crippen LogP contribution is -2.37. The van der Waals surface area contributed by atoms with Crippen LogP contribution in [0.3, 0.4) is 0 Å². The molecule has 1 saturated heterocycles. The van der Waals surface area contributed by atoms with Gasteiger partial charge in [0.1, 0.15) is 15.7 Å². The third-order valence-corrected chi connectivity index (χ3v) is 7.01. The van der Waals surface area contributed by atoms with Crippen LogP contribution >= 0.6 is 11.3 Å². The Morgan fingerprint density at radius 3 is 2.75 bits per heavy atom. The third-order valence-electron chi connectivity index (χ3n) is 6.07. The summed E-state index contributed by atoms with van der Waals surface area (Å²) in [5.41, 5.74) is 15.1. The van der Waals surface area contributed by atoms with E-state index in [2.05, 4.69) is 46.3 Å². The minimum Gasteiger partial charge on any atom is -0.389 e. The Bertz CT molecular complexity index is 1100. The van der Waals surface area contributed by atoms with Crippen LogP contribution in [0.5, 0.6) is 0 Å². The highest BCUT2D eigenvalue weighted by molar-refractivity contribution is 7.19. The zero-order valence-electron chi connectivity index (χ0n) is 18.8. The Balaban J connectivity index is 1.54. The Morgan fingerprint density at radius 2 is 2.06 bits per heavy atom. The standard InChI is InChI=1S/C23H31N7OS/c1-14(2)16-5-4-6-17(11-16)22-28-19(20(25)32-22)21(31)27-18-13-26-29(3)23(18)30-9-7-15(12-24)8-10-30/h4-6,11,13-15H,7-10,12,24-25H2,1-3H3,(H,27,31). The predicted molar refractivity (Wildman–Crippen MR) is 131 cm³/mol. The molecule has 0 atom stereocenters. The van der Waals surface area contributed by atoms with E-state index in [-0.39, 0.29) is 11.6 Å². The molecule has 0 bridgehead atoms. The third kappa shape index (κ3) is 4.49. The molecule has 0 unspecified atom stereocenters. The van der Waals surface area contributed by atoms with Gasteiger partial charge >= 0.3 is 0 Å². The second kappa shape index (κ2) is 9.30. The molecule has 5 N–H and O–H groups in total. The van der Waals surface area contributed by atoms with Gasteiger partial charge < -0.3 is 21.7 Å². The summed E-state index contributed by atoms with van der Waals surface area (Å²) >= 11 is 1.33. The SMILES string of the molecule is CC(C)c1cccc(-c2nc(C(=O)Nc3cnn(C)c3N3CCC(CN)CC3)c(N)s2)c1. The Labute approximate surface area is 192 Å². The molecule has 3 heterocycles. The predicted octanol–water partition coefficient (Wildman–Crippen LogP) is 3.68. The minimum atomic E-state index is -0.323. The van der Waals surface area contributed by atoms with Gasteiger partial charge in [0, 0.05) is 25.7 Å². The molecule has 0 saturated carbocycles. The van der Waals surface area contributed by atoms with Crippen LogP contribution in [0, 0.1) is 5.92 Å². The number of carbonyl (C=O) groups excluding carboxylic acids is 1. The molecule has 8 nitrogen and oxygen atoms in total. The van der Waals surface area contributed by atoms with E-state index in [0.717, 1.165) is 42.3 Å². The molecular formula is C23H31N7OS. The van der Waals surface area contributed by atoms with Crippen LogP contribution in [0.1, 0.15) is 48.7 Å². The summed E-state index contributed by atoms with van der Waals surface area (Å²) in [6.07, 6.45) is 3.75. The van der Waals surface area contributed by atoms with Crippen LogP contribution in [-0.4, -0.2) is 40.3 Å². The number of nitrogens with zero attached hydrogens (tertiary/aromatic N) is 4. The lowest BCUT2D eigenvalue weighted by molar-refractivity contribution is 0.102. The number of thiazole rings is 1. The zero-order valence-corrected chi connectivity index (χ0v) is 19.7. The first-order chi connectivity index (χ1) is 15.4. The number of aromatic nitrogens is 3. The van der Waals surface area contributed by atoms with E-state index < -0.39 is 0 Å². The van der Waals surface area contributed by atoms with E-state index >= 15 is 0 Å². The number of anilines is 3. The molecule has 1 fully saturated rings. The van der Waals surface area contributed by atoms with Gasteiger partial charge in [-0.25, -0.2) is 4.98 Å². The lowest BCUT2D eigenvalue weighted by Gasteiger charge is -2.33. The van der Waals surface area contributed by atoms with Crippen LogP contribution in [0.4, 0.5) is 16.5 Å². The fourth-order valence-electron chi connectivity index (χ4n) is 4.11. The number of amides is 1. The van der Waals surface area contributed by atoms with Gasteiger partial charge in [0.2, 0.25) is 0 Å². The summed E-state index contributed by atoms with van der Waals surface area (Å²) in [5.74, 6) is 1.54. The van der Waals surface area contributed by atoms with Crippen LogP contribution < -0.4 is 21.7 Å². The van der Waals surface area contributed by atoms with Crippen molar-refractivity contribution in [3.05, 3.63) is 41.7 Å². The van der Waals surface area contributed by atoms with Gasteiger partial charge in [-0.1, -0.05) is 43.4 Å². The maximum absolute atomic E-state index is 13.1. The lowest BCUT2D eigenvalue weighted by atomic mass is 9.97. The molecule has 4 rings (SSSR count). The molecule has 1 amide bonds. The van der Waals surface area contributed by atoms with Crippen LogP contribution in [0.25, 0.3) is 10.6 Å². The van der Waals surface area contributed by atoms with Gasteiger partial charge in [0.25, 0.3) is 5.91 Å². The molecule has 170 valence electrons. The minimum absolute atomic E-state index is 0.247. The van der Waals surface area contributed by atoms with Crippen molar-refractivity contribution in [3.63, 3.8) is 0 Å². The summed E-state index contributed by atoms with van der Waals surface area (Å²) in [6.45, 7) is 6.80. The molecule has 0 aliphatic carbocycles. The second-order valence-electron chi connectivity index (χ2n) is 8.64. The number of aryl methyl sites for hydroxylation is 1. The molecule has 9 heteroatoms. The summed E-state index contributed by atoms with van der Waals surface area (Å²) < 4.78 is 1.80. The Hall–Kier alpha value is -2.91. The van der Waals surface area contributed by atoms with Crippen molar-refractivity contribution < 1.29 is 4.79 Å². The van der Waals surface area contributed by atoms with Crippen molar-refractivity contribution in [2.45, 2.75) is 32.6 Å². The maximum Gasteiger partial charge on any atom is 0.277 e. The summed E-state index contributed by atoms with van der Waals surface area (Å²) in [6, 6.07) is 8.21. The summed E-state index contributed by atoms with van der Waals surface area (Å²) in [5, 5.41) is 8.49. The van der Waals surface area contributed by atoms with Gasteiger partial charge in [-0.3, -0.25) is 9.48 Å². The molecule has 1 aromatic carbocycles. The van der Waals surface area contributed by atoms with E-state index in [1.54, 1.807) is 10.9 Å². The average molecular weight is 454 g/mol. The summed E-state index contributed by atoms with van der Waals surface area (Å²) in [4.78, 5) is 19.9. The van der Waals surface area contributed by atoms with Gasteiger partial charge in [0.05, 0.1) is 6.20 Å². The van der Waals surface area contributed by atoms with E-state index in [9.17, 15) is 4.79 Å². The quantitative estimate of drug-likeness (QED) is 0.524. The Kier molecular flexibility index (Phi) is 6.48. The molecular weight excluding hydrogens is 422 g/mol. The smallest absolute Gasteiger partial charge is 0.277 e. The fraction of sp³-hybridized carbons (Fsp3) is 0.435. The topological polar surface area (TPSA) is 115 Å². The highest BCUT2D eigenvalue weighted by atomic mass is 32.1. The van der Waals surface area contributed by atoms with Crippen LogP contribution in [0.2, 0.25) is 0 Å². The van der Waals surface area contributed by atoms with E-state index in [1.807, 2.05) is 19.2 Å². The van der Waals surface area contributed by atoms with E-state index in [0.29, 0.717) is 29.1 Å². The first-order valence-corrected chi connectivity index (χ1v) is 11.8. The Morgan fingerprint density at radius 1 is 1.31 bits per heavy atom. The van der Waals surface area contributed by atoms with Gasteiger partial charge in [-0.15, -0.1) is 0 Å². The van der Waals surface area contributed by atoms with Crippen molar-refractivity contribution in [2.75, 3.05) is 35.6 Å². The van der Waals surface area contributed by atoms with Crippen molar-refractivity contribution in [3.8, 4) is 10.6 Å². The van der Waals surface area contributed by atoms with E-state index in [4.69, 9.17) is 11.5 Å². The number of hydrogen-bond donors (Lipinski definition) is 3. The second-order valence-corrected chi connectivity index (χ2v) is 9.67. The number of nitrogens with two attached hydrogens (primary N) is 2. The average Bonchev–Trinajstić information content (AvgIpc) is 3.36. The molecule has 1 aliphatic rings. The molecule has 3 aromatic rings. The van der Waals surface area contributed by atoms with Crippen LogP contribution in [-0.2, 0) is 7.05 Å². The fourth-order valence-corrected chi connectivity index (χ4v) is 4.93. The van der Waals surface area contributed by atoms with Crippen molar-refractivity contribution in [2.24, 2.45) is 18.7 Å². The number of hydrogen-bond acceptors (Lipinski definition) is 7. The van der Waals surface area contributed by atoms with Gasteiger partial charge in [0.15, 0.2) is 11.5 Å². The first kappa shape index (κ1) is 22.3. The number of carbonyl (C=O) groups is 1. The van der Waals surface area contributed by atoms with Crippen molar-refractivity contribution >= 4 is 33.8 Å². The monoisotopic (exact) mass is 453 g/mol. The van der Waals surface area contributed by atoms with E-state index in [1.165, 1.54) is 16.9 Å². The van der Waals surface area contributed by atoms with Crippen molar-refractivity contribution in [1.29, 1.82) is 0 Å². The zero-order chi connectivity index (χ0) is 22.8. The summed E-state index contributed by atoms with van der Waals surface area (Å²) in [7, 11) is 1.89. The molecule has 1 aliphatic heterocycles. The molecule has 0 radical (unpaired) electrons. The highest BCUT2D eigenvalue weighted by Gasteiger charge is 2.25. The number of nitrogen functional groups attached to an aromatic ring is 1. The largest absolute Gasteiger partial charge is 0.389 e. The van der Waals surface area contributed by atoms with Crippen LogP contribution in [0.15, 0.2) is 30.5 Å². The highest BCUT2D eigenvalue weighted by Crippen LogP contribution is 2.33. The van der Waals surface area contributed by atoms with Gasteiger partial charge in [-0.05, 0) is 42.9 Å². The number of nitrogens with one attached hydrogen (secondary N) is 1. The molecule has 2 aromatic heterocycles. The normalized spacial score (nSPS) is 14.8.